The van der Waals surface area contributed by atoms with Crippen molar-refractivity contribution in [2.24, 2.45) is 7.05 Å². The molecule has 0 spiro atoms. The van der Waals surface area contributed by atoms with Crippen molar-refractivity contribution in [3.8, 4) is 0 Å². The van der Waals surface area contributed by atoms with E-state index in [1.807, 2.05) is 4.90 Å². The van der Waals surface area contributed by atoms with Crippen LogP contribution in [0.5, 0.6) is 0 Å². The van der Waals surface area contributed by atoms with Gasteiger partial charge >= 0.3 is 5.69 Å². The van der Waals surface area contributed by atoms with Gasteiger partial charge in [-0.05, 0) is 6.42 Å². The van der Waals surface area contributed by atoms with Crippen molar-refractivity contribution in [2.75, 3.05) is 31.1 Å². The number of hydrogen-bond donors (Lipinski definition) is 1. The van der Waals surface area contributed by atoms with Gasteiger partial charge in [0.25, 0.3) is 5.56 Å². The van der Waals surface area contributed by atoms with Crippen LogP contribution in [0.1, 0.15) is 19.8 Å². The third kappa shape index (κ3) is 2.86. The number of piperazine rings is 1. The zero-order valence-electron chi connectivity index (χ0n) is 11.6. The topological polar surface area (TPSA) is 72.2 Å². The maximum absolute atomic E-state index is 12.1. The Balaban J connectivity index is 2.39. The van der Waals surface area contributed by atoms with Crippen LogP contribution in [0.25, 0.3) is 0 Å². The number of aryl methyl sites for hydroxylation is 1. The summed E-state index contributed by atoms with van der Waals surface area (Å²) in [5, 5.41) is 7.49. The van der Waals surface area contributed by atoms with Gasteiger partial charge in [0.05, 0.1) is 0 Å². The molecule has 0 aromatic carbocycles. The van der Waals surface area contributed by atoms with Crippen LogP contribution < -0.4 is 21.5 Å². The van der Waals surface area contributed by atoms with Crippen LogP contribution in [-0.2, 0) is 13.6 Å². The number of anilines is 1. The molecule has 106 valence electrons. The molecule has 2 heterocycles. The van der Waals surface area contributed by atoms with Gasteiger partial charge in [0.2, 0.25) is 5.82 Å². The lowest BCUT2D eigenvalue weighted by molar-refractivity contribution is 0.487. The number of aromatic nitrogens is 3. The van der Waals surface area contributed by atoms with Gasteiger partial charge in [0, 0.05) is 39.8 Å². The van der Waals surface area contributed by atoms with Gasteiger partial charge in [0.1, 0.15) is 0 Å². The summed E-state index contributed by atoms with van der Waals surface area (Å²) in [5.74, 6) is 0.389. The Bertz CT molecular complexity index is 542. The summed E-state index contributed by atoms with van der Waals surface area (Å²) >= 11 is 0. The highest BCUT2D eigenvalue weighted by Crippen LogP contribution is 2.03. The van der Waals surface area contributed by atoms with E-state index in [1.165, 1.54) is 11.7 Å². The van der Waals surface area contributed by atoms with E-state index in [1.54, 1.807) is 0 Å². The first-order chi connectivity index (χ1) is 9.15. The first-order valence-corrected chi connectivity index (χ1v) is 6.79. The quantitative estimate of drug-likeness (QED) is 0.769. The second-order valence-electron chi connectivity index (χ2n) is 4.78. The molecule has 1 aromatic heterocycles. The number of nitrogens with one attached hydrogen (secondary N) is 1. The van der Waals surface area contributed by atoms with Gasteiger partial charge in [-0.1, -0.05) is 13.3 Å². The van der Waals surface area contributed by atoms with Crippen molar-refractivity contribution in [3.05, 3.63) is 20.8 Å². The average Bonchev–Trinajstić information content (AvgIpc) is 2.45. The van der Waals surface area contributed by atoms with E-state index in [-0.39, 0.29) is 11.2 Å². The number of unbranched alkanes of at least 4 members (excludes halogenated alkanes) is 1. The lowest BCUT2D eigenvalue weighted by Crippen LogP contribution is -2.49. The maximum Gasteiger partial charge on any atom is 0.347 e. The van der Waals surface area contributed by atoms with E-state index in [0.717, 1.165) is 43.6 Å². The van der Waals surface area contributed by atoms with E-state index in [9.17, 15) is 9.59 Å². The van der Waals surface area contributed by atoms with Crippen LogP contribution in [0, 0.1) is 0 Å². The van der Waals surface area contributed by atoms with E-state index < -0.39 is 0 Å². The molecule has 0 saturated carbocycles. The third-order valence-corrected chi connectivity index (χ3v) is 3.36. The van der Waals surface area contributed by atoms with Crippen LogP contribution in [-0.4, -0.2) is 40.5 Å². The standard InChI is InChI=1S/C12H21N5O2/c1-3-4-7-17-12(19)15(2)11(18)10(14-17)16-8-5-13-6-9-16/h13H,3-9H2,1-2H3. The zero-order chi connectivity index (χ0) is 13.8. The fourth-order valence-electron chi connectivity index (χ4n) is 2.14. The van der Waals surface area contributed by atoms with Crippen molar-refractivity contribution < 1.29 is 0 Å². The molecule has 7 nitrogen and oxygen atoms in total. The molecule has 1 N–H and O–H groups in total. The number of rotatable bonds is 4. The summed E-state index contributed by atoms with van der Waals surface area (Å²) in [7, 11) is 1.51. The average molecular weight is 267 g/mol. The summed E-state index contributed by atoms with van der Waals surface area (Å²) in [5.41, 5.74) is -0.642. The largest absolute Gasteiger partial charge is 0.348 e. The molecule has 1 aliphatic heterocycles. The predicted octanol–water partition coefficient (Wildman–Crippen LogP) is -0.848. The molecule has 0 amide bonds. The molecule has 0 unspecified atom stereocenters. The molecule has 0 radical (unpaired) electrons. The predicted molar refractivity (Wildman–Crippen MR) is 73.7 cm³/mol. The molecule has 1 fully saturated rings. The molecule has 1 saturated heterocycles. The molecular weight excluding hydrogens is 246 g/mol. The minimum atomic E-state index is -0.336. The number of nitrogens with zero attached hydrogens (tertiary/aromatic N) is 4. The Labute approximate surface area is 111 Å². The molecule has 1 aliphatic rings. The van der Waals surface area contributed by atoms with Gasteiger partial charge in [-0.25, -0.2) is 9.48 Å². The van der Waals surface area contributed by atoms with Crippen LogP contribution in [0.4, 0.5) is 5.82 Å². The van der Waals surface area contributed by atoms with Crippen LogP contribution in [0.2, 0.25) is 0 Å². The second kappa shape index (κ2) is 6.01. The van der Waals surface area contributed by atoms with Crippen LogP contribution in [0.15, 0.2) is 9.59 Å². The van der Waals surface area contributed by atoms with Crippen LogP contribution in [0.3, 0.4) is 0 Å². The summed E-state index contributed by atoms with van der Waals surface area (Å²) < 4.78 is 2.56. The molecule has 0 bridgehead atoms. The first kappa shape index (κ1) is 13.8. The summed E-state index contributed by atoms with van der Waals surface area (Å²) in [6, 6.07) is 0. The molecular formula is C12H21N5O2. The minimum Gasteiger partial charge on any atom is -0.348 e. The van der Waals surface area contributed by atoms with Crippen molar-refractivity contribution >= 4 is 5.82 Å². The maximum atomic E-state index is 12.1. The van der Waals surface area contributed by atoms with E-state index in [0.29, 0.717) is 12.4 Å². The van der Waals surface area contributed by atoms with Gasteiger partial charge in [0.15, 0.2) is 0 Å². The van der Waals surface area contributed by atoms with E-state index in [2.05, 4.69) is 17.3 Å². The Morgan fingerprint density at radius 2 is 1.95 bits per heavy atom. The lowest BCUT2D eigenvalue weighted by Gasteiger charge is -2.28. The molecule has 0 aliphatic carbocycles. The van der Waals surface area contributed by atoms with E-state index >= 15 is 0 Å². The number of hydrogen-bond acceptors (Lipinski definition) is 5. The minimum absolute atomic E-state index is 0.306. The molecule has 7 heteroatoms. The second-order valence-corrected chi connectivity index (χ2v) is 4.78. The highest BCUT2D eigenvalue weighted by atomic mass is 16.2. The van der Waals surface area contributed by atoms with Gasteiger partial charge in [-0.2, -0.15) is 0 Å². The zero-order valence-corrected chi connectivity index (χ0v) is 11.6. The Morgan fingerprint density at radius 3 is 2.58 bits per heavy atom. The summed E-state index contributed by atoms with van der Waals surface area (Å²) in [6.07, 6.45) is 1.87. The third-order valence-electron chi connectivity index (χ3n) is 3.36. The molecule has 19 heavy (non-hydrogen) atoms. The van der Waals surface area contributed by atoms with Crippen molar-refractivity contribution in [1.82, 2.24) is 19.7 Å². The Hall–Kier alpha value is -1.63. The Morgan fingerprint density at radius 1 is 1.26 bits per heavy atom. The highest BCUT2D eigenvalue weighted by Gasteiger charge is 2.18. The Kier molecular flexibility index (Phi) is 4.36. The normalized spacial score (nSPS) is 15.8. The van der Waals surface area contributed by atoms with Crippen LogP contribution >= 0.6 is 0 Å². The molecule has 1 aromatic rings. The summed E-state index contributed by atoms with van der Waals surface area (Å²) in [6.45, 7) is 5.77. The van der Waals surface area contributed by atoms with E-state index in [4.69, 9.17) is 0 Å². The van der Waals surface area contributed by atoms with Gasteiger partial charge in [-0.3, -0.25) is 9.36 Å². The molecule has 2 rings (SSSR count). The summed E-state index contributed by atoms with van der Waals surface area (Å²) in [4.78, 5) is 26.0. The fraction of sp³-hybridized carbons (Fsp3) is 0.750. The van der Waals surface area contributed by atoms with Crippen molar-refractivity contribution in [1.29, 1.82) is 0 Å². The van der Waals surface area contributed by atoms with Crippen molar-refractivity contribution in [2.45, 2.75) is 26.3 Å². The smallest absolute Gasteiger partial charge is 0.347 e. The molecule has 0 atom stereocenters. The van der Waals surface area contributed by atoms with Crippen molar-refractivity contribution in [3.63, 3.8) is 0 Å². The monoisotopic (exact) mass is 267 g/mol. The fourth-order valence-corrected chi connectivity index (χ4v) is 2.14. The first-order valence-electron chi connectivity index (χ1n) is 6.79. The lowest BCUT2D eigenvalue weighted by atomic mass is 10.3. The van der Waals surface area contributed by atoms with Gasteiger partial charge in [-0.15, -0.1) is 5.10 Å². The SMILES string of the molecule is CCCCn1nc(N2CCNCC2)c(=O)n(C)c1=O. The van der Waals surface area contributed by atoms with Gasteiger partial charge < -0.3 is 10.2 Å². The highest BCUT2D eigenvalue weighted by molar-refractivity contribution is 5.35.